The zero-order valence-corrected chi connectivity index (χ0v) is 14.2. The highest BCUT2D eigenvalue weighted by Gasteiger charge is 2.05. The van der Waals surface area contributed by atoms with Gasteiger partial charge in [0.05, 0.1) is 17.6 Å². The number of aromatic amines is 1. The number of imidazole rings is 1. The molecule has 0 amide bonds. The van der Waals surface area contributed by atoms with Gasteiger partial charge in [0.25, 0.3) is 0 Å². The van der Waals surface area contributed by atoms with Gasteiger partial charge in [-0.3, -0.25) is 0 Å². The van der Waals surface area contributed by atoms with Crippen molar-refractivity contribution in [3.05, 3.63) is 61.9 Å². The Labute approximate surface area is 137 Å². The van der Waals surface area contributed by atoms with Gasteiger partial charge in [-0.25, -0.2) is 0 Å². The van der Waals surface area contributed by atoms with Crippen molar-refractivity contribution >= 4 is 45.8 Å². The molecule has 4 heteroatoms. The van der Waals surface area contributed by atoms with Crippen molar-refractivity contribution in [2.75, 3.05) is 0 Å². The second-order valence-corrected chi connectivity index (χ2v) is 6.48. The van der Waals surface area contributed by atoms with Crippen molar-refractivity contribution < 1.29 is 0 Å². The van der Waals surface area contributed by atoms with Crippen LogP contribution in [-0.4, -0.2) is 9.55 Å². The third-order valence-electron chi connectivity index (χ3n) is 3.51. The molecule has 0 aliphatic heterocycles. The molecular formula is C16H15IN2S. The number of fused-ring (bicyclic) bond motifs is 1. The van der Waals surface area contributed by atoms with Crippen LogP contribution < -0.4 is 0 Å². The zero-order chi connectivity index (χ0) is 14.1. The van der Waals surface area contributed by atoms with Crippen molar-refractivity contribution in [3.63, 3.8) is 0 Å². The summed E-state index contributed by atoms with van der Waals surface area (Å²) in [4.78, 5) is 3.28. The first kappa shape index (κ1) is 13.8. The number of benzene rings is 2. The smallest absolute Gasteiger partial charge is 0.178 e. The molecule has 0 fully saturated rings. The average Bonchev–Trinajstić information content (AvgIpc) is 2.75. The summed E-state index contributed by atoms with van der Waals surface area (Å²) >= 11 is 7.77. The summed E-state index contributed by atoms with van der Waals surface area (Å²) in [5, 5.41) is 0. The van der Waals surface area contributed by atoms with Crippen LogP contribution in [0.3, 0.4) is 0 Å². The lowest BCUT2D eigenvalue weighted by molar-refractivity contribution is 0.810. The van der Waals surface area contributed by atoms with E-state index in [-0.39, 0.29) is 0 Å². The number of nitrogens with zero attached hydrogens (tertiary/aromatic N) is 1. The monoisotopic (exact) mass is 394 g/mol. The molecule has 2 nitrogen and oxygen atoms in total. The van der Waals surface area contributed by atoms with E-state index < -0.39 is 0 Å². The van der Waals surface area contributed by atoms with Gasteiger partial charge in [0.1, 0.15) is 0 Å². The van der Waals surface area contributed by atoms with E-state index in [1.807, 2.05) is 0 Å². The SMILES string of the molecule is CCc1ccc(Cn2c(=S)[nH]c3cc(I)ccc32)cc1. The molecular weight excluding hydrogens is 379 g/mol. The van der Waals surface area contributed by atoms with Gasteiger partial charge in [-0.15, -0.1) is 0 Å². The molecule has 0 saturated carbocycles. The lowest BCUT2D eigenvalue weighted by Gasteiger charge is -2.06. The summed E-state index contributed by atoms with van der Waals surface area (Å²) in [5.74, 6) is 0. The van der Waals surface area contributed by atoms with Crippen molar-refractivity contribution in [1.82, 2.24) is 9.55 Å². The minimum Gasteiger partial charge on any atom is -0.331 e. The quantitative estimate of drug-likeness (QED) is 0.494. The molecule has 1 aromatic heterocycles. The molecule has 0 unspecified atom stereocenters. The second-order valence-electron chi connectivity index (χ2n) is 4.85. The Hall–Kier alpha value is -1.14. The van der Waals surface area contributed by atoms with E-state index in [1.165, 1.54) is 14.7 Å². The van der Waals surface area contributed by atoms with Gasteiger partial charge in [0.2, 0.25) is 0 Å². The van der Waals surface area contributed by atoms with Gasteiger partial charge in [0.15, 0.2) is 4.77 Å². The van der Waals surface area contributed by atoms with Crippen LogP contribution in [0.25, 0.3) is 11.0 Å². The molecule has 20 heavy (non-hydrogen) atoms. The van der Waals surface area contributed by atoms with Gasteiger partial charge in [-0.05, 0) is 70.6 Å². The lowest BCUT2D eigenvalue weighted by atomic mass is 10.1. The van der Waals surface area contributed by atoms with E-state index in [1.54, 1.807) is 0 Å². The summed E-state index contributed by atoms with van der Waals surface area (Å²) in [6.07, 6.45) is 1.07. The van der Waals surface area contributed by atoms with Crippen LogP contribution >= 0.6 is 34.8 Å². The number of hydrogen-bond donors (Lipinski definition) is 1. The largest absolute Gasteiger partial charge is 0.331 e. The minimum absolute atomic E-state index is 0.779. The van der Waals surface area contributed by atoms with Crippen molar-refractivity contribution in [3.8, 4) is 0 Å². The van der Waals surface area contributed by atoms with Crippen LogP contribution in [0, 0.1) is 8.34 Å². The lowest BCUT2D eigenvalue weighted by Crippen LogP contribution is -1.99. The normalized spacial score (nSPS) is 11.1. The van der Waals surface area contributed by atoms with Gasteiger partial charge in [-0.1, -0.05) is 31.2 Å². The van der Waals surface area contributed by atoms with Crippen LogP contribution in [0.5, 0.6) is 0 Å². The Morgan fingerprint density at radius 3 is 2.50 bits per heavy atom. The first-order valence-corrected chi connectivity index (χ1v) is 8.12. The highest BCUT2D eigenvalue weighted by atomic mass is 127. The standard InChI is InChI=1S/C16H15IN2S/c1-2-11-3-5-12(6-4-11)10-19-15-8-7-13(17)9-14(15)18-16(19)20/h3-9H,2,10H2,1H3,(H,18,20). The van der Waals surface area contributed by atoms with E-state index in [2.05, 4.69) is 81.5 Å². The van der Waals surface area contributed by atoms with Crippen LogP contribution in [0.15, 0.2) is 42.5 Å². The first-order chi connectivity index (χ1) is 9.67. The Kier molecular flexibility index (Phi) is 3.94. The fourth-order valence-electron chi connectivity index (χ4n) is 2.36. The molecule has 0 spiro atoms. The molecule has 2 aromatic carbocycles. The number of nitrogens with one attached hydrogen (secondary N) is 1. The number of rotatable bonds is 3. The van der Waals surface area contributed by atoms with Gasteiger partial charge >= 0.3 is 0 Å². The number of halogens is 1. The van der Waals surface area contributed by atoms with E-state index in [0.29, 0.717) is 0 Å². The molecule has 0 atom stereocenters. The van der Waals surface area contributed by atoms with Gasteiger partial charge in [-0.2, -0.15) is 0 Å². The highest BCUT2D eigenvalue weighted by Crippen LogP contribution is 2.19. The fraction of sp³-hybridized carbons (Fsp3) is 0.188. The van der Waals surface area contributed by atoms with E-state index >= 15 is 0 Å². The number of aryl methyl sites for hydroxylation is 1. The fourth-order valence-corrected chi connectivity index (χ4v) is 3.12. The predicted molar refractivity (Wildman–Crippen MR) is 94.8 cm³/mol. The summed E-state index contributed by atoms with van der Waals surface area (Å²) in [5.41, 5.74) is 4.91. The summed E-state index contributed by atoms with van der Waals surface area (Å²) in [7, 11) is 0. The molecule has 0 aliphatic carbocycles. The molecule has 0 bridgehead atoms. The van der Waals surface area contributed by atoms with Crippen molar-refractivity contribution in [1.29, 1.82) is 0 Å². The van der Waals surface area contributed by atoms with Gasteiger partial charge < -0.3 is 9.55 Å². The first-order valence-electron chi connectivity index (χ1n) is 6.63. The second kappa shape index (κ2) is 5.69. The third-order valence-corrected chi connectivity index (χ3v) is 4.50. The van der Waals surface area contributed by atoms with Crippen molar-refractivity contribution in [2.24, 2.45) is 0 Å². The average molecular weight is 394 g/mol. The number of hydrogen-bond acceptors (Lipinski definition) is 1. The third kappa shape index (κ3) is 2.67. The molecule has 1 N–H and O–H groups in total. The molecule has 1 heterocycles. The van der Waals surface area contributed by atoms with E-state index in [4.69, 9.17) is 12.2 Å². The summed E-state index contributed by atoms with van der Waals surface area (Å²) < 4.78 is 4.15. The molecule has 3 aromatic rings. The Morgan fingerprint density at radius 2 is 1.80 bits per heavy atom. The van der Waals surface area contributed by atoms with Crippen LogP contribution in [0.1, 0.15) is 18.1 Å². The predicted octanol–water partition coefficient (Wildman–Crippen LogP) is 4.91. The maximum atomic E-state index is 5.45. The molecule has 0 aliphatic rings. The summed E-state index contributed by atoms with van der Waals surface area (Å²) in [6.45, 7) is 2.98. The molecule has 102 valence electrons. The van der Waals surface area contributed by atoms with Crippen LogP contribution in [0.4, 0.5) is 0 Å². The van der Waals surface area contributed by atoms with Crippen LogP contribution in [-0.2, 0) is 13.0 Å². The maximum Gasteiger partial charge on any atom is 0.178 e. The summed E-state index contributed by atoms with van der Waals surface area (Å²) in [6, 6.07) is 15.1. The van der Waals surface area contributed by atoms with E-state index in [0.717, 1.165) is 28.8 Å². The Morgan fingerprint density at radius 1 is 1.10 bits per heavy atom. The van der Waals surface area contributed by atoms with Crippen LogP contribution in [0.2, 0.25) is 0 Å². The maximum absolute atomic E-state index is 5.45. The van der Waals surface area contributed by atoms with Crippen molar-refractivity contribution in [2.45, 2.75) is 19.9 Å². The zero-order valence-electron chi connectivity index (χ0n) is 11.2. The highest BCUT2D eigenvalue weighted by molar-refractivity contribution is 14.1. The number of H-pyrrole nitrogens is 1. The minimum atomic E-state index is 0.779. The number of aromatic nitrogens is 2. The molecule has 0 saturated heterocycles. The molecule has 3 rings (SSSR count). The topological polar surface area (TPSA) is 20.7 Å². The van der Waals surface area contributed by atoms with E-state index in [9.17, 15) is 0 Å². The molecule has 0 radical (unpaired) electrons. The Balaban J connectivity index is 2.01. The van der Waals surface area contributed by atoms with Gasteiger partial charge in [0, 0.05) is 3.57 Å². The Bertz CT molecular complexity index is 799.